The van der Waals surface area contributed by atoms with Crippen molar-refractivity contribution < 1.29 is 18.3 Å². The van der Waals surface area contributed by atoms with Gasteiger partial charge in [-0.05, 0) is 35.9 Å². The number of nitrogens with one attached hydrogen (secondary N) is 1. The smallest absolute Gasteiger partial charge is 0.387 e. The molecule has 0 unspecified atom stereocenters. The molecule has 0 fully saturated rings. The Morgan fingerprint density at radius 2 is 1.81 bits per heavy atom. The Bertz CT molecular complexity index is 946. The van der Waals surface area contributed by atoms with Gasteiger partial charge in [0.1, 0.15) is 10.8 Å². The average Bonchev–Trinajstić information content (AvgIpc) is 2.96. The fourth-order valence-corrected chi connectivity index (χ4v) is 2.72. The van der Waals surface area contributed by atoms with E-state index in [1.54, 1.807) is 16.9 Å². The van der Waals surface area contributed by atoms with Crippen LogP contribution in [0.1, 0.15) is 15.9 Å². The molecule has 0 bridgehead atoms. The zero-order valence-electron chi connectivity index (χ0n) is 13.7. The van der Waals surface area contributed by atoms with Crippen LogP contribution in [-0.2, 0) is 6.54 Å². The molecule has 0 aliphatic rings. The highest BCUT2D eigenvalue weighted by Gasteiger charge is 2.14. The number of nitrogens with zero attached hydrogens (tertiary/aromatic N) is 2. The lowest BCUT2D eigenvalue weighted by Gasteiger charge is -2.06. The second-order valence-electron chi connectivity index (χ2n) is 5.47. The highest BCUT2D eigenvalue weighted by molar-refractivity contribution is 6.33. The molecule has 1 heterocycles. The molecule has 1 amide bonds. The molecule has 140 valence electrons. The Morgan fingerprint density at radius 1 is 1.11 bits per heavy atom. The molecule has 1 N–H and O–H groups in total. The molecule has 9 heteroatoms. The summed E-state index contributed by atoms with van der Waals surface area (Å²) in [5, 5.41) is 7.68. The van der Waals surface area contributed by atoms with Gasteiger partial charge in [-0.25, -0.2) is 0 Å². The standard InChI is InChI=1S/C18H13Cl2F2N3O2/c19-14-4-2-1-3-12(14)9-25-10-15(20)16(24-25)23-17(26)11-5-7-13(8-6-11)27-18(21)22/h1-8,10,18H,9H2,(H,23,24,26). The van der Waals surface area contributed by atoms with Crippen molar-refractivity contribution in [1.82, 2.24) is 9.78 Å². The summed E-state index contributed by atoms with van der Waals surface area (Å²) in [6.45, 7) is -2.54. The Hall–Kier alpha value is -2.64. The number of benzene rings is 2. The van der Waals surface area contributed by atoms with E-state index in [-0.39, 0.29) is 22.2 Å². The predicted octanol–water partition coefficient (Wildman–Crippen LogP) is 5.09. The first-order valence-electron chi connectivity index (χ1n) is 7.75. The van der Waals surface area contributed by atoms with Gasteiger partial charge < -0.3 is 10.1 Å². The van der Waals surface area contributed by atoms with Crippen LogP contribution in [0.5, 0.6) is 5.75 Å². The number of amides is 1. The van der Waals surface area contributed by atoms with Gasteiger partial charge in [-0.3, -0.25) is 9.48 Å². The third kappa shape index (κ3) is 4.96. The van der Waals surface area contributed by atoms with E-state index < -0.39 is 12.5 Å². The van der Waals surface area contributed by atoms with Crippen molar-refractivity contribution in [2.45, 2.75) is 13.2 Å². The third-order valence-electron chi connectivity index (χ3n) is 3.58. The molecule has 0 atom stereocenters. The topological polar surface area (TPSA) is 56.2 Å². The summed E-state index contributed by atoms with van der Waals surface area (Å²) in [7, 11) is 0. The van der Waals surface area contributed by atoms with Gasteiger partial charge in [0, 0.05) is 16.8 Å². The number of rotatable bonds is 6. The van der Waals surface area contributed by atoms with E-state index in [9.17, 15) is 13.6 Å². The van der Waals surface area contributed by atoms with Crippen molar-refractivity contribution in [3.63, 3.8) is 0 Å². The first-order chi connectivity index (χ1) is 12.9. The van der Waals surface area contributed by atoms with Crippen molar-refractivity contribution in [2.24, 2.45) is 0 Å². The summed E-state index contributed by atoms with van der Waals surface area (Å²) >= 11 is 12.3. The van der Waals surface area contributed by atoms with Crippen molar-refractivity contribution in [1.29, 1.82) is 0 Å². The zero-order valence-corrected chi connectivity index (χ0v) is 15.2. The van der Waals surface area contributed by atoms with Gasteiger partial charge in [-0.15, -0.1) is 0 Å². The van der Waals surface area contributed by atoms with E-state index in [0.29, 0.717) is 11.6 Å². The van der Waals surface area contributed by atoms with E-state index in [2.05, 4.69) is 15.2 Å². The van der Waals surface area contributed by atoms with Crippen molar-refractivity contribution in [3.05, 3.63) is 75.9 Å². The molecule has 27 heavy (non-hydrogen) atoms. The van der Waals surface area contributed by atoms with Gasteiger partial charge >= 0.3 is 6.61 Å². The molecule has 2 aromatic carbocycles. The fourth-order valence-electron chi connectivity index (χ4n) is 2.33. The highest BCUT2D eigenvalue weighted by atomic mass is 35.5. The van der Waals surface area contributed by atoms with Crippen LogP contribution >= 0.6 is 23.2 Å². The molecule has 0 radical (unpaired) electrons. The number of carbonyl (C=O) groups is 1. The van der Waals surface area contributed by atoms with Crippen LogP contribution in [0.2, 0.25) is 10.0 Å². The van der Waals surface area contributed by atoms with Gasteiger partial charge in [0.05, 0.1) is 6.54 Å². The van der Waals surface area contributed by atoms with Crippen molar-refractivity contribution in [2.75, 3.05) is 5.32 Å². The van der Waals surface area contributed by atoms with Gasteiger partial charge in [0.25, 0.3) is 5.91 Å². The minimum Gasteiger partial charge on any atom is -0.435 e. The normalized spacial score (nSPS) is 10.9. The van der Waals surface area contributed by atoms with E-state index >= 15 is 0 Å². The summed E-state index contributed by atoms with van der Waals surface area (Å²) in [6.07, 6.45) is 1.57. The van der Waals surface area contributed by atoms with E-state index in [0.717, 1.165) is 5.56 Å². The van der Waals surface area contributed by atoms with Crippen LogP contribution in [0, 0.1) is 0 Å². The first-order valence-corrected chi connectivity index (χ1v) is 8.50. The number of alkyl halides is 2. The molecular weight excluding hydrogens is 399 g/mol. The van der Waals surface area contributed by atoms with E-state index in [4.69, 9.17) is 23.2 Å². The van der Waals surface area contributed by atoms with Crippen LogP contribution in [0.15, 0.2) is 54.7 Å². The lowest BCUT2D eigenvalue weighted by atomic mass is 10.2. The molecule has 0 aliphatic heterocycles. The second kappa shape index (κ2) is 8.37. The first kappa shape index (κ1) is 19.1. The maximum Gasteiger partial charge on any atom is 0.387 e. The largest absolute Gasteiger partial charge is 0.435 e. The summed E-state index contributed by atoms with van der Waals surface area (Å²) in [4.78, 5) is 12.3. The maximum atomic E-state index is 12.3. The molecule has 0 saturated carbocycles. The lowest BCUT2D eigenvalue weighted by Crippen LogP contribution is -2.13. The molecule has 1 aromatic heterocycles. The van der Waals surface area contributed by atoms with Gasteiger partial charge in [0.15, 0.2) is 5.82 Å². The van der Waals surface area contributed by atoms with Gasteiger partial charge in [-0.1, -0.05) is 41.4 Å². The Morgan fingerprint density at radius 3 is 2.48 bits per heavy atom. The van der Waals surface area contributed by atoms with Crippen molar-refractivity contribution >= 4 is 34.9 Å². The van der Waals surface area contributed by atoms with Crippen LogP contribution in [0.25, 0.3) is 0 Å². The number of hydrogen-bond acceptors (Lipinski definition) is 3. The van der Waals surface area contributed by atoms with Crippen molar-refractivity contribution in [3.8, 4) is 5.75 Å². The molecule has 3 aromatic rings. The molecule has 3 rings (SSSR count). The molecule has 0 spiro atoms. The Balaban J connectivity index is 1.69. The summed E-state index contributed by atoms with van der Waals surface area (Å²) < 4.78 is 30.1. The summed E-state index contributed by atoms with van der Waals surface area (Å²) in [5.74, 6) is -0.339. The summed E-state index contributed by atoms with van der Waals surface area (Å²) in [6, 6.07) is 12.6. The average molecular weight is 412 g/mol. The van der Waals surface area contributed by atoms with Gasteiger partial charge in [-0.2, -0.15) is 13.9 Å². The van der Waals surface area contributed by atoms with Crippen LogP contribution in [-0.4, -0.2) is 22.3 Å². The minimum atomic E-state index is -2.93. The monoisotopic (exact) mass is 411 g/mol. The van der Waals surface area contributed by atoms with Gasteiger partial charge in [0.2, 0.25) is 0 Å². The zero-order chi connectivity index (χ0) is 19.4. The Kier molecular flexibility index (Phi) is 5.93. The predicted molar refractivity (Wildman–Crippen MR) is 98.8 cm³/mol. The third-order valence-corrected chi connectivity index (χ3v) is 4.23. The Labute approximate surface area is 163 Å². The van der Waals surface area contributed by atoms with E-state index in [1.807, 2.05) is 18.2 Å². The number of aromatic nitrogens is 2. The quantitative estimate of drug-likeness (QED) is 0.614. The number of carbonyl (C=O) groups excluding carboxylic acids is 1. The molecule has 0 saturated heterocycles. The number of halogens is 4. The maximum absolute atomic E-state index is 12.3. The fraction of sp³-hybridized carbons (Fsp3) is 0.111. The van der Waals surface area contributed by atoms with E-state index in [1.165, 1.54) is 24.3 Å². The number of hydrogen-bond donors (Lipinski definition) is 1. The SMILES string of the molecule is O=C(Nc1nn(Cc2ccccc2Cl)cc1Cl)c1ccc(OC(F)F)cc1. The number of ether oxygens (including phenoxy) is 1. The van der Waals surface area contributed by atoms with Crippen LogP contribution in [0.4, 0.5) is 14.6 Å². The molecule has 5 nitrogen and oxygen atoms in total. The minimum absolute atomic E-state index is 0.0383. The van der Waals surface area contributed by atoms with Crippen LogP contribution < -0.4 is 10.1 Å². The molecular formula is C18H13Cl2F2N3O2. The lowest BCUT2D eigenvalue weighted by molar-refractivity contribution is -0.0498. The molecule has 0 aliphatic carbocycles. The highest BCUT2D eigenvalue weighted by Crippen LogP contribution is 2.23. The second-order valence-corrected chi connectivity index (χ2v) is 6.29. The number of anilines is 1. The van der Waals surface area contributed by atoms with Crippen LogP contribution in [0.3, 0.4) is 0 Å². The summed E-state index contributed by atoms with van der Waals surface area (Å²) in [5.41, 5.74) is 1.10.